The summed E-state index contributed by atoms with van der Waals surface area (Å²) in [7, 11) is 2.46. The molecule has 138 valence electrons. The van der Waals surface area contributed by atoms with E-state index in [-0.39, 0.29) is 22.7 Å². The second-order valence-electron chi connectivity index (χ2n) is 5.33. The van der Waals surface area contributed by atoms with Crippen molar-refractivity contribution in [2.45, 2.75) is 19.4 Å². The van der Waals surface area contributed by atoms with Gasteiger partial charge < -0.3 is 14.8 Å². The average Bonchev–Trinajstić information content (AvgIpc) is 3.06. The van der Waals surface area contributed by atoms with Gasteiger partial charge in [0.2, 0.25) is 5.91 Å². The predicted molar refractivity (Wildman–Crippen MR) is 97.0 cm³/mol. The number of nitrogens with one attached hydrogen (secondary N) is 1. The molecule has 26 heavy (non-hydrogen) atoms. The van der Waals surface area contributed by atoms with Gasteiger partial charge in [-0.05, 0) is 40.5 Å². The molecule has 0 saturated heterocycles. The maximum absolute atomic E-state index is 12.6. The van der Waals surface area contributed by atoms with Gasteiger partial charge in [0.1, 0.15) is 6.04 Å². The number of amides is 1. The third-order valence-corrected chi connectivity index (χ3v) is 4.03. The number of carbonyl (C=O) groups is 3. The molecule has 1 atom stereocenters. The summed E-state index contributed by atoms with van der Waals surface area (Å²) in [6.45, 7) is 1.85. The molecular formula is C17H18BrN3O5. The number of carbonyl (C=O) groups excluding carboxylic acids is 3. The first-order chi connectivity index (χ1) is 12.4. The van der Waals surface area contributed by atoms with Crippen molar-refractivity contribution in [2.75, 3.05) is 19.5 Å². The Balaban J connectivity index is 2.33. The molecule has 1 unspecified atom stereocenters. The second-order valence-corrected chi connectivity index (χ2v) is 6.25. The largest absolute Gasteiger partial charge is 0.465 e. The molecule has 0 radical (unpaired) electrons. The fourth-order valence-electron chi connectivity index (χ4n) is 2.37. The summed E-state index contributed by atoms with van der Waals surface area (Å²) < 4.78 is 11.7. The van der Waals surface area contributed by atoms with E-state index in [0.29, 0.717) is 6.42 Å². The first-order valence-electron chi connectivity index (χ1n) is 7.71. The minimum Gasteiger partial charge on any atom is -0.465 e. The monoisotopic (exact) mass is 423 g/mol. The highest BCUT2D eigenvalue weighted by Crippen LogP contribution is 2.20. The van der Waals surface area contributed by atoms with E-state index in [0.717, 1.165) is 4.47 Å². The number of halogens is 1. The van der Waals surface area contributed by atoms with Gasteiger partial charge in [-0.1, -0.05) is 6.92 Å². The molecule has 8 nitrogen and oxygen atoms in total. The van der Waals surface area contributed by atoms with Crippen LogP contribution in [0.3, 0.4) is 0 Å². The number of aromatic nitrogens is 2. The van der Waals surface area contributed by atoms with Crippen LogP contribution in [0.15, 0.2) is 35.1 Å². The molecule has 0 fully saturated rings. The van der Waals surface area contributed by atoms with E-state index in [1.54, 1.807) is 12.4 Å². The molecule has 0 spiro atoms. The van der Waals surface area contributed by atoms with E-state index in [4.69, 9.17) is 0 Å². The van der Waals surface area contributed by atoms with Crippen molar-refractivity contribution < 1.29 is 23.9 Å². The second kappa shape index (κ2) is 8.61. The molecule has 0 aliphatic carbocycles. The van der Waals surface area contributed by atoms with Crippen LogP contribution in [0.5, 0.6) is 0 Å². The lowest BCUT2D eigenvalue weighted by atomic mass is 10.1. The van der Waals surface area contributed by atoms with Gasteiger partial charge in [-0.2, -0.15) is 5.10 Å². The van der Waals surface area contributed by atoms with Crippen molar-refractivity contribution in [3.8, 4) is 0 Å². The predicted octanol–water partition coefficient (Wildman–Crippen LogP) is 2.81. The summed E-state index contributed by atoms with van der Waals surface area (Å²) in [6, 6.07) is 3.66. The smallest absolute Gasteiger partial charge is 0.337 e. The number of rotatable bonds is 6. The molecule has 1 N–H and O–H groups in total. The van der Waals surface area contributed by atoms with E-state index in [2.05, 4.69) is 35.8 Å². The number of hydrogen-bond donors (Lipinski definition) is 1. The Hall–Kier alpha value is -2.68. The molecule has 2 rings (SSSR count). The van der Waals surface area contributed by atoms with Crippen LogP contribution in [0.1, 0.15) is 40.1 Å². The Morgan fingerprint density at radius 3 is 2.15 bits per heavy atom. The Bertz CT molecular complexity index is 799. The van der Waals surface area contributed by atoms with E-state index in [9.17, 15) is 14.4 Å². The fourth-order valence-corrected chi connectivity index (χ4v) is 2.68. The maximum atomic E-state index is 12.6. The zero-order valence-corrected chi connectivity index (χ0v) is 16.1. The highest BCUT2D eigenvalue weighted by Gasteiger charge is 2.21. The highest BCUT2D eigenvalue weighted by atomic mass is 79.9. The zero-order valence-electron chi connectivity index (χ0n) is 14.5. The van der Waals surface area contributed by atoms with E-state index in [1.165, 1.54) is 37.1 Å². The van der Waals surface area contributed by atoms with Crippen LogP contribution in [0, 0.1) is 0 Å². The highest BCUT2D eigenvalue weighted by molar-refractivity contribution is 9.10. The normalized spacial score (nSPS) is 11.5. The maximum Gasteiger partial charge on any atom is 0.337 e. The van der Waals surface area contributed by atoms with Crippen LogP contribution in [-0.2, 0) is 14.3 Å². The van der Waals surface area contributed by atoms with Gasteiger partial charge >= 0.3 is 11.9 Å². The van der Waals surface area contributed by atoms with Gasteiger partial charge in [-0.3, -0.25) is 9.48 Å². The SMILES string of the molecule is CCC(C(=O)Nc1cc(C(=O)OC)cc(C(=O)OC)c1)n1cc(Br)cn1. The first-order valence-corrected chi connectivity index (χ1v) is 8.51. The molecule has 0 bridgehead atoms. The van der Waals surface area contributed by atoms with Crippen LogP contribution >= 0.6 is 15.9 Å². The number of esters is 2. The Morgan fingerprint density at radius 1 is 1.15 bits per heavy atom. The van der Waals surface area contributed by atoms with Gasteiger partial charge in [0.05, 0.1) is 36.0 Å². The lowest BCUT2D eigenvalue weighted by molar-refractivity contribution is -0.119. The minimum absolute atomic E-state index is 0.126. The van der Waals surface area contributed by atoms with Crippen LogP contribution < -0.4 is 5.32 Å². The lowest BCUT2D eigenvalue weighted by Crippen LogP contribution is -2.26. The summed E-state index contributed by atoms with van der Waals surface area (Å²) in [4.78, 5) is 36.3. The number of methoxy groups -OCH3 is 2. The van der Waals surface area contributed by atoms with Gasteiger partial charge in [0.15, 0.2) is 0 Å². The van der Waals surface area contributed by atoms with Crippen LogP contribution in [0.2, 0.25) is 0 Å². The summed E-state index contributed by atoms with van der Waals surface area (Å²) in [5.41, 5.74) is 0.532. The molecule has 1 aromatic carbocycles. The molecule has 0 aliphatic heterocycles. The topological polar surface area (TPSA) is 99.5 Å². The number of benzene rings is 1. The third kappa shape index (κ3) is 4.48. The third-order valence-electron chi connectivity index (χ3n) is 3.62. The number of nitrogens with zero attached hydrogens (tertiary/aromatic N) is 2. The molecule has 2 aromatic rings. The minimum atomic E-state index is -0.630. The van der Waals surface area contributed by atoms with Crippen LogP contribution in [0.25, 0.3) is 0 Å². The Kier molecular flexibility index (Phi) is 6.51. The average molecular weight is 424 g/mol. The molecule has 0 aliphatic rings. The number of hydrogen-bond acceptors (Lipinski definition) is 6. The number of anilines is 1. The van der Waals surface area contributed by atoms with Crippen molar-refractivity contribution in [3.05, 3.63) is 46.2 Å². The molecular weight excluding hydrogens is 406 g/mol. The molecule has 1 aromatic heterocycles. The van der Waals surface area contributed by atoms with Gasteiger partial charge in [-0.25, -0.2) is 9.59 Å². The Labute approximate surface area is 158 Å². The van der Waals surface area contributed by atoms with Crippen molar-refractivity contribution in [3.63, 3.8) is 0 Å². The van der Waals surface area contributed by atoms with Gasteiger partial charge in [0, 0.05) is 11.9 Å². The summed E-state index contributed by atoms with van der Waals surface area (Å²) >= 11 is 3.29. The van der Waals surface area contributed by atoms with Crippen LogP contribution in [0.4, 0.5) is 5.69 Å². The molecule has 1 amide bonds. The van der Waals surface area contributed by atoms with Crippen molar-refractivity contribution >= 4 is 39.5 Å². The molecule has 1 heterocycles. The van der Waals surface area contributed by atoms with E-state index >= 15 is 0 Å². The molecule has 0 saturated carbocycles. The first kappa shape index (κ1) is 19.6. The summed E-state index contributed by atoms with van der Waals surface area (Å²) in [5.74, 6) is -1.59. The molecule has 9 heteroatoms. The summed E-state index contributed by atoms with van der Waals surface area (Å²) in [6.07, 6.45) is 3.78. The number of ether oxygens (including phenoxy) is 2. The fraction of sp³-hybridized carbons (Fsp3) is 0.294. The van der Waals surface area contributed by atoms with Gasteiger partial charge in [-0.15, -0.1) is 0 Å². The zero-order chi connectivity index (χ0) is 19.3. The van der Waals surface area contributed by atoms with Crippen molar-refractivity contribution in [1.29, 1.82) is 0 Å². The van der Waals surface area contributed by atoms with Gasteiger partial charge in [0.25, 0.3) is 0 Å². The lowest BCUT2D eigenvalue weighted by Gasteiger charge is -2.16. The summed E-state index contributed by atoms with van der Waals surface area (Å²) in [5, 5.41) is 6.84. The van der Waals surface area contributed by atoms with Crippen molar-refractivity contribution in [1.82, 2.24) is 9.78 Å². The quantitative estimate of drug-likeness (QED) is 0.716. The van der Waals surface area contributed by atoms with Crippen molar-refractivity contribution in [2.24, 2.45) is 0 Å². The van der Waals surface area contributed by atoms with E-state index < -0.39 is 18.0 Å². The Morgan fingerprint density at radius 2 is 1.73 bits per heavy atom. The van der Waals surface area contributed by atoms with Crippen LogP contribution in [-0.4, -0.2) is 41.8 Å². The standard InChI is InChI=1S/C17H18BrN3O5/c1-4-14(21-9-12(18)8-19-21)15(22)20-13-6-10(16(23)25-2)5-11(7-13)17(24)26-3/h5-9,14H,4H2,1-3H3,(H,20,22). The van der Waals surface area contributed by atoms with E-state index in [1.807, 2.05) is 6.92 Å².